The largest absolute Gasteiger partial charge is 0.719 e. The number of hydrogen-bond acceptors (Lipinski definition) is 2. The molecular weight excluding hydrogens is 184 g/mol. The van der Waals surface area contributed by atoms with Gasteiger partial charge in [-0.1, -0.05) is 27.7 Å². The maximum Gasteiger partial charge on any atom is 0.0980 e. The molecule has 0 aliphatic heterocycles. The van der Waals surface area contributed by atoms with Gasteiger partial charge in [-0.05, 0) is 5.92 Å². The van der Waals surface area contributed by atoms with Crippen molar-refractivity contribution in [1.82, 2.24) is 5.32 Å². The maximum atomic E-state index is 10.1. The fourth-order valence-electron chi connectivity index (χ4n) is 0.287. The first kappa shape index (κ1) is 15.1. The molecule has 1 amide bonds. The minimum atomic E-state index is -0.362. The molecule has 4 N–H and O–H groups in total. The monoisotopic (exact) mass is 206 g/mol. The van der Waals surface area contributed by atoms with Gasteiger partial charge in [-0.25, -0.2) is 0 Å². The van der Waals surface area contributed by atoms with Gasteiger partial charge in [0.2, 0.25) is 0 Å². The Morgan fingerprint density at radius 3 is 1.77 bits per heavy atom. The lowest BCUT2D eigenvalue weighted by molar-refractivity contribution is -0.376. The van der Waals surface area contributed by atoms with E-state index >= 15 is 0 Å². The molecule has 0 radical (unpaired) electrons. The highest BCUT2D eigenvalue weighted by Crippen LogP contribution is 1.85. The second kappa shape index (κ2) is 9.74. The van der Waals surface area contributed by atoms with E-state index in [0.29, 0.717) is 12.5 Å². The number of hydrogen-bond donors (Lipinski definition) is 2. The van der Waals surface area contributed by atoms with Crippen LogP contribution < -0.4 is 11.1 Å². The van der Waals surface area contributed by atoms with Crippen molar-refractivity contribution in [2.75, 3.05) is 13.1 Å². The number of rotatable bonds is 3. The summed E-state index contributed by atoms with van der Waals surface area (Å²) < 4.78 is 0. The molecule has 0 aliphatic rings. The molecule has 0 bridgehead atoms. The molecule has 0 rings (SSSR count). The Kier molecular flexibility index (Phi) is 11.3. The topological polar surface area (TPSA) is 56.7 Å². The van der Waals surface area contributed by atoms with Gasteiger partial charge < -0.3 is 28.5 Å². The van der Waals surface area contributed by atoms with Crippen LogP contribution in [0.2, 0.25) is 0 Å². The van der Waals surface area contributed by atoms with Crippen LogP contribution in [-0.2, 0) is 12.6 Å². The summed E-state index contributed by atoms with van der Waals surface area (Å²) in [6.07, 6.45) is 0. The number of amides is 1. The first-order chi connectivity index (χ1) is 5.90. The molecule has 0 heterocycles. The normalized spacial score (nSPS) is 9.46. The van der Waals surface area contributed by atoms with E-state index in [4.69, 9.17) is 0 Å². The van der Waals surface area contributed by atoms with Crippen molar-refractivity contribution in [3.8, 4) is 0 Å². The zero-order chi connectivity index (χ0) is 10.9. The predicted molar refractivity (Wildman–Crippen MR) is 58.2 cm³/mol. The summed E-state index contributed by atoms with van der Waals surface area (Å²) in [5, 5.41) is 2.16. The lowest BCUT2D eigenvalue weighted by Crippen LogP contribution is -2.52. The third-order valence-corrected chi connectivity index (χ3v) is 1.38. The van der Waals surface area contributed by atoms with E-state index in [0.717, 1.165) is 12.5 Å². The van der Waals surface area contributed by atoms with Gasteiger partial charge in [0, 0.05) is 12.5 Å². The summed E-state index contributed by atoms with van der Waals surface area (Å²) >= 11 is 4.25. The summed E-state index contributed by atoms with van der Waals surface area (Å²) in [7, 11) is 0. The minimum absolute atomic E-state index is 0.362. The van der Waals surface area contributed by atoms with Crippen LogP contribution in [-0.4, -0.2) is 18.3 Å². The van der Waals surface area contributed by atoms with Gasteiger partial charge in [0.15, 0.2) is 0 Å². The zero-order valence-electron chi connectivity index (χ0n) is 9.09. The number of nitrogens with one attached hydrogen (secondary N) is 1. The molecule has 4 heteroatoms. The van der Waals surface area contributed by atoms with Crippen molar-refractivity contribution in [3.63, 3.8) is 0 Å². The Bertz CT molecular complexity index is 127. The van der Waals surface area contributed by atoms with Gasteiger partial charge in [-0.3, -0.25) is 0 Å². The van der Waals surface area contributed by atoms with Crippen LogP contribution in [0, 0.1) is 11.8 Å². The highest BCUT2D eigenvalue weighted by Gasteiger charge is 1.88. The molecule has 0 aromatic heterocycles. The van der Waals surface area contributed by atoms with E-state index in [1.54, 1.807) is 0 Å². The smallest absolute Gasteiger partial charge is 0.0980 e. The van der Waals surface area contributed by atoms with Crippen LogP contribution in [0.1, 0.15) is 27.7 Å². The third kappa shape index (κ3) is 24.5. The van der Waals surface area contributed by atoms with Gasteiger partial charge in [0.25, 0.3) is 0 Å². The van der Waals surface area contributed by atoms with Crippen molar-refractivity contribution in [1.29, 1.82) is 0 Å². The Hall–Kier alpha value is -0.350. The minimum Gasteiger partial charge on any atom is -0.719 e. The molecule has 0 atom stereocenters. The molecule has 0 aromatic rings. The Morgan fingerprint density at radius 1 is 1.31 bits per heavy atom. The fourth-order valence-corrected chi connectivity index (χ4v) is 0.371. The van der Waals surface area contributed by atoms with Crippen LogP contribution in [0.25, 0.3) is 0 Å². The molecule has 0 saturated heterocycles. The fraction of sp³-hybridized carbons (Fsp3) is 0.889. The molecule has 0 spiro atoms. The maximum absolute atomic E-state index is 10.1. The summed E-state index contributed by atoms with van der Waals surface area (Å²) in [4.78, 5) is 10.1. The SMILES string of the molecule is CC(C)CNC(=O)[S-].CC(C)C[NH3+]. The van der Waals surface area contributed by atoms with Crippen molar-refractivity contribution in [2.45, 2.75) is 27.7 Å². The van der Waals surface area contributed by atoms with Crippen molar-refractivity contribution >= 4 is 17.9 Å². The highest BCUT2D eigenvalue weighted by molar-refractivity contribution is 7.76. The Morgan fingerprint density at radius 2 is 1.69 bits per heavy atom. The average molecular weight is 206 g/mol. The molecule has 0 aromatic carbocycles. The molecule has 13 heavy (non-hydrogen) atoms. The Labute approximate surface area is 86.9 Å². The van der Waals surface area contributed by atoms with E-state index < -0.39 is 0 Å². The van der Waals surface area contributed by atoms with E-state index in [9.17, 15) is 4.79 Å². The lowest BCUT2D eigenvalue weighted by Gasteiger charge is -2.08. The van der Waals surface area contributed by atoms with E-state index in [-0.39, 0.29) is 5.24 Å². The van der Waals surface area contributed by atoms with Crippen molar-refractivity contribution < 1.29 is 10.5 Å². The van der Waals surface area contributed by atoms with Crippen LogP contribution in [0.4, 0.5) is 4.79 Å². The molecule has 0 aliphatic carbocycles. The zero-order valence-corrected chi connectivity index (χ0v) is 9.91. The third-order valence-electron chi connectivity index (χ3n) is 1.23. The van der Waals surface area contributed by atoms with Crippen LogP contribution in [0.15, 0.2) is 0 Å². The molecular formula is C9H22N2OS. The van der Waals surface area contributed by atoms with Gasteiger partial charge in [0.05, 0.1) is 11.8 Å². The molecule has 0 unspecified atom stereocenters. The number of carbonyl (C=O) groups excluding carboxylic acids is 1. The van der Waals surface area contributed by atoms with E-state index in [2.05, 4.69) is 37.5 Å². The Balaban J connectivity index is 0. The first-order valence-electron chi connectivity index (χ1n) is 4.64. The lowest BCUT2D eigenvalue weighted by atomic mass is 10.2. The molecule has 0 fully saturated rings. The summed E-state index contributed by atoms with van der Waals surface area (Å²) in [6, 6.07) is 0. The van der Waals surface area contributed by atoms with Crippen LogP contribution in [0.5, 0.6) is 0 Å². The van der Waals surface area contributed by atoms with Gasteiger partial charge in [-0.15, -0.1) is 0 Å². The van der Waals surface area contributed by atoms with Gasteiger partial charge in [0.1, 0.15) is 0 Å². The second-order valence-electron chi connectivity index (χ2n) is 3.74. The highest BCUT2D eigenvalue weighted by atomic mass is 32.1. The molecule has 80 valence electrons. The second-order valence-corrected chi connectivity index (χ2v) is 4.12. The molecule has 3 nitrogen and oxygen atoms in total. The van der Waals surface area contributed by atoms with E-state index in [1.807, 2.05) is 13.8 Å². The van der Waals surface area contributed by atoms with Crippen LogP contribution in [0.3, 0.4) is 0 Å². The van der Waals surface area contributed by atoms with Crippen molar-refractivity contribution in [3.05, 3.63) is 0 Å². The summed E-state index contributed by atoms with van der Waals surface area (Å²) in [5.74, 6) is 1.26. The quantitative estimate of drug-likeness (QED) is 0.671. The standard InChI is InChI=1S/C5H11NOS.C4H11N/c1-4(2)3-6-5(7)8;1-4(2)3-5/h4H,3H2,1-2H3,(H2,6,7,8);4H,3,5H2,1-2H3. The average Bonchev–Trinajstić information content (AvgIpc) is 2.02. The van der Waals surface area contributed by atoms with Crippen molar-refractivity contribution in [2.24, 2.45) is 11.8 Å². The van der Waals surface area contributed by atoms with Crippen LogP contribution >= 0.6 is 0 Å². The number of carbonyl (C=O) groups is 1. The van der Waals surface area contributed by atoms with Gasteiger partial charge in [-0.2, -0.15) is 0 Å². The molecule has 0 saturated carbocycles. The summed E-state index contributed by atoms with van der Waals surface area (Å²) in [5.41, 5.74) is 3.69. The van der Waals surface area contributed by atoms with E-state index in [1.165, 1.54) is 0 Å². The first-order valence-corrected chi connectivity index (χ1v) is 5.05. The van der Waals surface area contributed by atoms with Gasteiger partial charge >= 0.3 is 0 Å². The number of quaternary nitrogens is 1. The summed E-state index contributed by atoms with van der Waals surface area (Å²) in [6.45, 7) is 10.1. The predicted octanol–water partition coefficient (Wildman–Crippen LogP) is 0.783.